The van der Waals surface area contributed by atoms with Gasteiger partial charge >= 0.3 is 0 Å². The largest absolute Gasteiger partial charge is 0.484 e. The molecular formula is C12H15FN2O3. The van der Waals surface area contributed by atoms with Crippen molar-refractivity contribution < 1.29 is 18.7 Å². The first kappa shape index (κ1) is 12.6. The predicted octanol–water partition coefficient (Wildman–Crippen LogP) is 0.642. The van der Waals surface area contributed by atoms with Gasteiger partial charge in [-0.3, -0.25) is 4.79 Å². The third-order valence-corrected chi connectivity index (χ3v) is 2.95. The summed E-state index contributed by atoms with van der Waals surface area (Å²) in [5.41, 5.74) is 6.06. The van der Waals surface area contributed by atoms with Crippen LogP contribution in [0, 0.1) is 5.82 Å². The highest BCUT2D eigenvalue weighted by molar-refractivity contribution is 5.52. The smallest absolute Gasteiger partial charge is 0.209 e. The van der Waals surface area contributed by atoms with Gasteiger partial charge in [0.2, 0.25) is 6.41 Å². The Kier molecular flexibility index (Phi) is 3.66. The molecule has 1 aliphatic heterocycles. The fraction of sp³-hybridized carbons (Fsp3) is 0.417. The molecule has 98 valence electrons. The average Bonchev–Trinajstić information content (AvgIpc) is 2.76. The van der Waals surface area contributed by atoms with Crippen molar-refractivity contribution in [2.75, 3.05) is 25.9 Å². The number of hydrogen-bond donors (Lipinski definition) is 1. The monoisotopic (exact) mass is 254 g/mol. The van der Waals surface area contributed by atoms with Gasteiger partial charge in [0.1, 0.15) is 23.8 Å². The van der Waals surface area contributed by atoms with Crippen molar-refractivity contribution in [1.82, 2.24) is 4.90 Å². The Labute approximate surface area is 104 Å². The Morgan fingerprint density at radius 3 is 2.83 bits per heavy atom. The van der Waals surface area contributed by atoms with Gasteiger partial charge in [-0.2, -0.15) is 0 Å². The first-order chi connectivity index (χ1) is 8.63. The van der Waals surface area contributed by atoms with Crippen molar-refractivity contribution >= 4 is 12.1 Å². The van der Waals surface area contributed by atoms with Gasteiger partial charge in [0.05, 0.1) is 18.8 Å². The van der Waals surface area contributed by atoms with E-state index in [0.29, 0.717) is 18.8 Å². The lowest BCUT2D eigenvalue weighted by molar-refractivity contribution is -0.117. The van der Waals surface area contributed by atoms with E-state index in [1.807, 2.05) is 0 Å². The van der Waals surface area contributed by atoms with Gasteiger partial charge in [0.25, 0.3) is 0 Å². The van der Waals surface area contributed by atoms with Gasteiger partial charge in [0.15, 0.2) is 0 Å². The molecule has 1 aromatic carbocycles. The number of anilines is 1. The van der Waals surface area contributed by atoms with E-state index < -0.39 is 5.82 Å². The van der Waals surface area contributed by atoms with Gasteiger partial charge in [-0.25, -0.2) is 4.39 Å². The molecule has 0 bridgehead atoms. The van der Waals surface area contributed by atoms with E-state index >= 15 is 0 Å². The van der Waals surface area contributed by atoms with Crippen LogP contribution in [-0.4, -0.2) is 43.7 Å². The van der Waals surface area contributed by atoms with E-state index in [0.717, 1.165) is 6.41 Å². The molecule has 1 aromatic rings. The fourth-order valence-corrected chi connectivity index (χ4v) is 1.97. The minimum absolute atomic E-state index is 0.238. The second-order valence-corrected chi connectivity index (χ2v) is 4.17. The first-order valence-electron chi connectivity index (χ1n) is 5.58. The van der Waals surface area contributed by atoms with Crippen molar-refractivity contribution in [3.8, 4) is 5.75 Å². The summed E-state index contributed by atoms with van der Waals surface area (Å²) in [5.74, 6) is -0.145. The van der Waals surface area contributed by atoms with Crippen LogP contribution in [-0.2, 0) is 9.53 Å². The molecule has 0 radical (unpaired) electrons. The van der Waals surface area contributed by atoms with Crippen molar-refractivity contribution in [2.24, 2.45) is 0 Å². The van der Waals surface area contributed by atoms with Crippen molar-refractivity contribution in [3.05, 3.63) is 24.0 Å². The molecule has 5 nitrogen and oxygen atoms in total. The second-order valence-electron chi connectivity index (χ2n) is 4.17. The molecule has 1 unspecified atom stereocenters. The molecule has 0 aliphatic carbocycles. The van der Waals surface area contributed by atoms with E-state index in [2.05, 4.69) is 0 Å². The SMILES string of the molecule is CO[C@@H]1CN(C=O)CC1Oc1cc(F)ccc1N. The highest BCUT2D eigenvalue weighted by Crippen LogP contribution is 2.26. The van der Waals surface area contributed by atoms with Crippen molar-refractivity contribution in [1.29, 1.82) is 0 Å². The number of halogens is 1. The van der Waals surface area contributed by atoms with E-state index in [4.69, 9.17) is 15.2 Å². The zero-order valence-corrected chi connectivity index (χ0v) is 10.0. The minimum Gasteiger partial charge on any atom is -0.484 e. The Balaban J connectivity index is 2.12. The first-order valence-corrected chi connectivity index (χ1v) is 5.58. The minimum atomic E-state index is -0.418. The second kappa shape index (κ2) is 5.22. The van der Waals surface area contributed by atoms with E-state index in [-0.39, 0.29) is 18.0 Å². The molecule has 1 fully saturated rings. The zero-order valence-electron chi connectivity index (χ0n) is 10.0. The number of ether oxygens (including phenoxy) is 2. The van der Waals surface area contributed by atoms with Crippen LogP contribution in [0.25, 0.3) is 0 Å². The molecule has 0 aromatic heterocycles. The predicted molar refractivity (Wildman–Crippen MR) is 63.7 cm³/mol. The molecule has 2 atom stereocenters. The summed E-state index contributed by atoms with van der Waals surface area (Å²) in [4.78, 5) is 12.3. The highest BCUT2D eigenvalue weighted by Gasteiger charge is 2.34. The van der Waals surface area contributed by atoms with Crippen molar-refractivity contribution in [2.45, 2.75) is 12.2 Å². The average molecular weight is 254 g/mol. The van der Waals surface area contributed by atoms with Gasteiger partial charge in [-0.1, -0.05) is 0 Å². The normalized spacial score (nSPS) is 23.1. The Morgan fingerprint density at radius 1 is 1.44 bits per heavy atom. The summed E-state index contributed by atoms with van der Waals surface area (Å²) < 4.78 is 24.0. The highest BCUT2D eigenvalue weighted by atomic mass is 19.1. The Bertz CT molecular complexity index is 441. The van der Waals surface area contributed by atoms with Crippen LogP contribution in [0.15, 0.2) is 18.2 Å². The number of amides is 1. The molecule has 1 aliphatic rings. The number of rotatable bonds is 4. The quantitative estimate of drug-likeness (QED) is 0.632. The van der Waals surface area contributed by atoms with Crippen LogP contribution in [0.1, 0.15) is 0 Å². The fourth-order valence-electron chi connectivity index (χ4n) is 1.97. The zero-order chi connectivity index (χ0) is 13.1. The number of nitrogen functional groups attached to an aromatic ring is 1. The number of nitrogens with two attached hydrogens (primary N) is 1. The number of hydrogen-bond acceptors (Lipinski definition) is 4. The van der Waals surface area contributed by atoms with Crippen LogP contribution in [0.4, 0.5) is 10.1 Å². The molecule has 0 saturated carbocycles. The van der Waals surface area contributed by atoms with Crippen LogP contribution in [0.3, 0.4) is 0 Å². The summed E-state index contributed by atoms with van der Waals surface area (Å²) in [5, 5.41) is 0. The number of carbonyl (C=O) groups is 1. The summed E-state index contributed by atoms with van der Waals surface area (Å²) in [6.07, 6.45) is 0.159. The van der Waals surface area contributed by atoms with Crippen LogP contribution >= 0.6 is 0 Å². The number of carbonyl (C=O) groups excluding carboxylic acids is 1. The summed E-state index contributed by atoms with van der Waals surface area (Å²) >= 11 is 0. The molecule has 18 heavy (non-hydrogen) atoms. The third-order valence-electron chi connectivity index (χ3n) is 2.95. The summed E-state index contributed by atoms with van der Waals surface area (Å²) in [6.45, 7) is 0.859. The number of methoxy groups -OCH3 is 1. The molecule has 1 saturated heterocycles. The Hall–Kier alpha value is -1.82. The number of nitrogens with zero attached hydrogens (tertiary/aromatic N) is 1. The lowest BCUT2D eigenvalue weighted by Crippen LogP contribution is -2.31. The number of likely N-dealkylation sites (tertiary alicyclic amines) is 1. The van der Waals surface area contributed by atoms with Gasteiger partial charge in [-0.15, -0.1) is 0 Å². The van der Waals surface area contributed by atoms with Crippen LogP contribution in [0.2, 0.25) is 0 Å². The Morgan fingerprint density at radius 2 is 2.17 bits per heavy atom. The van der Waals surface area contributed by atoms with E-state index in [1.165, 1.54) is 18.2 Å². The van der Waals surface area contributed by atoms with Crippen molar-refractivity contribution in [3.63, 3.8) is 0 Å². The van der Waals surface area contributed by atoms with Gasteiger partial charge < -0.3 is 20.1 Å². The van der Waals surface area contributed by atoms with Gasteiger partial charge in [0, 0.05) is 13.2 Å². The maximum absolute atomic E-state index is 13.1. The molecule has 6 heteroatoms. The van der Waals surface area contributed by atoms with Crippen LogP contribution in [0.5, 0.6) is 5.75 Å². The molecular weight excluding hydrogens is 239 g/mol. The maximum Gasteiger partial charge on any atom is 0.209 e. The van der Waals surface area contributed by atoms with E-state index in [1.54, 1.807) is 12.0 Å². The topological polar surface area (TPSA) is 64.8 Å². The molecule has 2 rings (SSSR count). The molecule has 2 N–H and O–H groups in total. The van der Waals surface area contributed by atoms with Gasteiger partial charge in [-0.05, 0) is 12.1 Å². The molecule has 0 spiro atoms. The van der Waals surface area contributed by atoms with Crippen LogP contribution < -0.4 is 10.5 Å². The summed E-state index contributed by atoms with van der Waals surface area (Å²) in [7, 11) is 1.55. The standard InChI is InChI=1S/C12H15FN2O3/c1-17-11-5-15(7-16)6-12(11)18-10-4-8(13)2-3-9(10)14/h2-4,7,11-12H,5-6,14H2,1H3/t11-,12?/m1/s1. The molecule has 1 amide bonds. The lowest BCUT2D eigenvalue weighted by atomic mass is 10.2. The number of benzene rings is 1. The maximum atomic E-state index is 13.1. The summed E-state index contributed by atoms with van der Waals surface area (Å²) in [6, 6.07) is 3.94. The van der Waals surface area contributed by atoms with E-state index in [9.17, 15) is 9.18 Å². The third kappa shape index (κ3) is 2.53. The molecule has 1 heterocycles. The lowest BCUT2D eigenvalue weighted by Gasteiger charge is -2.19.